The first-order chi connectivity index (χ1) is 9.22. The Labute approximate surface area is 114 Å². The average Bonchev–Trinajstić information content (AvgIpc) is 2.40. The highest BCUT2D eigenvalue weighted by Crippen LogP contribution is 2.47. The second-order valence-corrected chi connectivity index (χ2v) is 5.96. The Hall–Kier alpha value is -0.930. The van der Waals surface area contributed by atoms with Gasteiger partial charge in [-0.15, -0.1) is 0 Å². The molecule has 104 valence electrons. The molecule has 1 aromatic carbocycles. The monoisotopic (exact) mass is 263 g/mol. The van der Waals surface area contributed by atoms with Gasteiger partial charge in [0.15, 0.2) is 0 Å². The first kappa shape index (κ1) is 13.1. The number of hydrogen-bond acceptors (Lipinski definition) is 2. The van der Waals surface area contributed by atoms with E-state index in [0.29, 0.717) is 12.0 Å². The first-order valence-corrected chi connectivity index (χ1v) is 7.29. The van der Waals surface area contributed by atoms with Gasteiger partial charge in [-0.05, 0) is 62.8 Å². The molecule has 3 heteroatoms. The van der Waals surface area contributed by atoms with Crippen LogP contribution < -0.4 is 5.32 Å². The quantitative estimate of drug-likeness (QED) is 0.902. The summed E-state index contributed by atoms with van der Waals surface area (Å²) < 4.78 is 19.0. The van der Waals surface area contributed by atoms with Crippen molar-refractivity contribution in [2.45, 2.75) is 43.7 Å². The van der Waals surface area contributed by atoms with Crippen LogP contribution in [0.3, 0.4) is 0 Å². The van der Waals surface area contributed by atoms with E-state index < -0.39 is 0 Å². The maximum Gasteiger partial charge on any atom is 0.123 e. The molecule has 0 radical (unpaired) electrons. The van der Waals surface area contributed by atoms with Gasteiger partial charge in [0.1, 0.15) is 5.82 Å². The van der Waals surface area contributed by atoms with Crippen molar-refractivity contribution in [1.29, 1.82) is 0 Å². The largest absolute Gasteiger partial charge is 0.375 e. The predicted molar refractivity (Wildman–Crippen MR) is 73.5 cm³/mol. The lowest BCUT2D eigenvalue weighted by Gasteiger charge is -2.48. The van der Waals surface area contributed by atoms with Crippen LogP contribution in [0.25, 0.3) is 0 Å². The van der Waals surface area contributed by atoms with E-state index in [4.69, 9.17) is 4.74 Å². The lowest BCUT2D eigenvalue weighted by atomic mass is 9.69. The second-order valence-electron chi connectivity index (χ2n) is 5.96. The van der Waals surface area contributed by atoms with Crippen molar-refractivity contribution in [3.8, 4) is 0 Å². The predicted octanol–water partition coefficient (Wildman–Crippen LogP) is 3.44. The van der Waals surface area contributed by atoms with Gasteiger partial charge in [0.05, 0.1) is 5.60 Å². The molecule has 1 heterocycles. The summed E-state index contributed by atoms with van der Waals surface area (Å²) in [7, 11) is 2.00. The third-order valence-electron chi connectivity index (χ3n) is 4.81. The molecule has 1 aliphatic carbocycles. The van der Waals surface area contributed by atoms with Crippen LogP contribution in [0.1, 0.15) is 43.7 Å². The van der Waals surface area contributed by atoms with Crippen molar-refractivity contribution < 1.29 is 9.13 Å². The lowest BCUT2D eigenvalue weighted by molar-refractivity contribution is -0.147. The van der Waals surface area contributed by atoms with Crippen LogP contribution in [0.5, 0.6) is 0 Å². The zero-order valence-electron chi connectivity index (χ0n) is 11.5. The minimum atomic E-state index is -0.166. The number of rotatable bonds is 3. The summed E-state index contributed by atoms with van der Waals surface area (Å²) in [6.07, 6.45) is 5.95. The van der Waals surface area contributed by atoms with Gasteiger partial charge in [0.2, 0.25) is 0 Å². The molecule has 1 aromatic rings. The van der Waals surface area contributed by atoms with Crippen LogP contribution >= 0.6 is 0 Å². The SMILES string of the molecule is CNC(c1ccc(F)cc1)C1CCOC2(CCC2)C1. The summed E-state index contributed by atoms with van der Waals surface area (Å²) in [5.74, 6) is 0.422. The van der Waals surface area contributed by atoms with Crippen molar-refractivity contribution in [3.63, 3.8) is 0 Å². The summed E-state index contributed by atoms with van der Waals surface area (Å²) in [4.78, 5) is 0. The molecular weight excluding hydrogens is 241 g/mol. The minimum absolute atomic E-state index is 0.165. The molecule has 2 fully saturated rings. The topological polar surface area (TPSA) is 21.3 Å². The molecule has 19 heavy (non-hydrogen) atoms. The molecule has 2 nitrogen and oxygen atoms in total. The van der Waals surface area contributed by atoms with Gasteiger partial charge in [0.25, 0.3) is 0 Å². The maximum atomic E-state index is 13.0. The molecule has 1 saturated carbocycles. The van der Waals surface area contributed by atoms with Gasteiger partial charge in [-0.3, -0.25) is 0 Å². The summed E-state index contributed by atoms with van der Waals surface area (Å²) in [5, 5.41) is 3.42. The summed E-state index contributed by atoms with van der Waals surface area (Å²) in [6.45, 7) is 0.865. The van der Waals surface area contributed by atoms with Crippen molar-refractivity contribution in [3.05, 3.63) is 35.6 Å². The molecule has 2 unspecified atom stereocenters. The minimum Gasteiger partial charge on any atom is -0.375 e. The maximum absolute atomic E-state index is 13.0. The van der Waals surface area contributed by atoms with Crippen LogP contribution in [0.4, 0.5) is 4.39 Å². The van der Waals surface area contributed by atoms with Crippen molar-refractivity contribution in [2.75, 3.05) is 13.7 Å². The number of halogens is 1. The Morgan fingerprint density at radius 2 is 2.05 bits per heavy atom. The van der Waals surface area contributed by atoms with Gasteiger partial charge in [-0.25, -0.2) is 4.39 Å². The second kappa shape index (κ2) is 5.22. The van der Waals surface area contributed by atoms with E-state index in [1.165, 1.54) is 24.8 Å². The number of hydrogen-bond donors (Lipinski definition) is 1. The van der Waals surface area contributed by atoms with Gasteiger partial charge >= 0.3 is 0 Å². The molecule has 3 rings (SSSR count). The fraction of sp³-hybridized carbons (Fsp3) is 0.625. The van der Waals surface area contributed by atoms with E-state index in [0.717, 1.165) is 19.4 Å². The van der Waals surface area contributed by atoms with Crippen LogP contribution in [0, 0.1) is 11.7 Å². The van der Waals surface area contributed by atoms with Crippen LogP contribution in [0.15, 0.2) is 24.3 Å². The number of ether oxygens (including phenoxy) is 1. The molecule has 0 amide bonds. The summed E-state index contributed by atoms with van der Waals surface area (Å²) in [5.41, 5.74) is 1.35. The zero-order chi connectivity index (χ0) is 13.3. The Balaban J connectivity index is 1.76. The molecule has 0 aromatic heterocycles. The van der Waals surface area contributed by atoms with Gasteiger partial charge in [-0.1, -0.05) is 12.1 Å². The third-order valence-corrected chi connectivity index (χ3v) is 4.81. The van der Waals surface area contributed by atoms with Crippen molar-refractivity contribution in [1.82, 2.24) is 5.32 Å². The average molecular weight is 263 g/mol. The smallest absolute Gasteiger partial charge is 0.123 e. The normalized spacial score (nSPS) is 26.9. The van der Waals surface area contributed by atoms with E-state index >= 15 is 0 Å². The van der Waals surface area contributed by atoms with Crippen LogP contribution in [-0.2, 0) is 4.74 Å². The van der Waals surface area contributed by atoms with Gasteiger partial charge in [-0.2, -0.15) is 0 Å². The molecule has 1 spiro atoms. The van der Waals surface area contributed by atoms with Gasteiger partial charge in [0, 0.05) is 12.6 Å². The standard InChI is InChI=1S/C16H22FNO/c1-18-15(12-3-5-14(17)6-4-12)13-7-10-19-16(11-13)8-2-9-16/h3-6,13,15,18H,2,7-11H2,1H3. The summed E-state index contributed by atoms with van der Waals surface area (Å²) >= 11 is 0. The van der Waals surface area contributed by atoms with E-state index in [1.807, 2.05) is 19.2 Å². The first-order valence-electron chi connectivity index (χ1n) is 7.29. The highest BCUT2D eigenvalue weighted by atomic mass is 19.1. The van der Waals surface area contributed by atoms with Crippen molar-refractivity contribution in [2.24, 2.45) is 5.92 Å². The third kappa shape index (κ3) is 2.54. The fourth-order valence-corrected chi connectivity index (χ4v) is 3.61. The zero-order valence-corrected chi connectivity index (χ0v) is 11.5. The molecule has 1 saturated heterocycles. The molecule has 1 N–H and O–H groups in total. The molecule has 1 aliphatic heterocycles. The van der Waals surface area contributed by atoms with Crippen LogP contribution in [-0.4, -0.2) is 19.3 Å². The molecule has 2 aliphatic rings. The summed E-state index contributed by atoms with van der Waals surface area (Å²) in [6, 6.07) is 7.22. The highest BCUT2D eigenvalue weighted by molar-refractivity contribution is 5.21. The van der Waals surface area contributed by atoms with E-state index in [9.17, 15) is 4.39 Å². The lowest BCUT2D eigenvalue weighted by Crippen LogP contribution is -2.47. The Kier molecular flexibility index (Phi) is 3.59. The Morgan fingerprint density at radius 1 is 1.32 bits per heavy atom. The molecule has 0 bridgehead atoms. The molecular formula is C16H22FNO. The van der Waals surface area contributed by atoms with Crippen molar-refractivity contribution >= 4 is 0 Å². The van der Waals surface area contributed by atoms with E-state index in [2.05, 4.69) is 5.32 Å². The molecule has 2 atom stereocenters. The fourth-order valence-electron chi connectivity index (χ4n) is 3.61. The van der Waals surface area contributed by atoms with E-state index in [1.54, 1.807) is 12.1 Å². The Morgan fingerprint density at radius 3 is 2.63 bits per heavy atom. The Bertz CT molecular complexity index is 427. The van der Waals surface area contributed by atoms with E-state index in [-0.39, 0.29) is 11.4 Å². The number of benzene rings is 1. The van der Waals surface area contributed by atoms with Crippen LogP contribution in [0.2, 0.25) is 0 Å². The highest BCUT2D eigenvalue weighted by Gasteiger charge is 2.44. The number of nitrogens with one attached hydrogen (secondary N) is 1. The van der Waals surface area contributed by atoms with Gasteiger partial charge < -0.3 is 10.1 Å².